The van der Waals surface area contributed by atoms with E-state index in [0.29, 0.717) is 19.4 Å². The van der Waals surface area contributed by atoms with Crippen molar-refractivity contribution >= 4 is 11.8 Å². The molecule has 2 amide bonds. The lowest BCUT2D eigenvalue weighted by Gasteiger charge is -2.17. The van der Waals surface area contributed by atoms with Gasteiger partial charge in [0.2, 0.25) is 11.8 Å². The van der Waals surface area contributed by atoms with Gasteiger partial charge >= 0.3 is 0 Å². The zero-order valence-electron chi connectivity index (χ0n) is 14.6. The molecule has 1 N–H and O–H groups in total. The highest BCUT2D eigenvalue weighted by molar-refractivity contribution is 5.83. The van der Waals surface area contributed by atoms with Gasteiger partial charge < -0.3 is 14.8 Å². The fourth-order valence-corrected chi connectivity index (χ4v) is 3.33. The Morgan fingerprint density at radius 1 is 1.20 bits per heavy atom. The normalized spacial score (nSPS) is 17.1. The molecule has 1 aliphatic heterocycles. The second-order valence-electron chi connectivity index (χ2n) is 6.76. The molecule has 0 unspecified atom stereocenters. The Balaban J connectivity index is 1.41. The first-order valence-corrected chi connectivity index (χ1v) is 8.82. The zero-order chi connectivity index (χ0) is 17.6. The first-order chi connectivity index (χ1) is 12.1. The van der Waals surface area contributed by atoms with Crippen molar-refractivity contribution in [2.75, 3.05) is 13.1 Å². The van der Waals surface area contributed by atoms with Gasteiger partial charge in [-0.2, -0.15) is 0 Å². The molecule has 3 rings (SSSR count). The van der Waals surface area contributed by atoms with E-state index in [4.69, 9.17) is 0 Å². The Morgan fingerprint density at radius 2 is 2.00 bits per heavy atom. The maximum absolute atomic E-state index is 12.1. The van der Waals surface area contributed by atoms with Crippen LogP contribution >= 0.6 is 0 Å². The van der Waals surface area contributed by atoms with Crippen LogP contribution < -0.4 is 5.32 Å². The summed E-state index contributed by atoms with van der Waals surface area (Å²) in [5.41, 5.74) is 2.28. The number of carbonyl (C=O) groups is 2. The van der Waals surface area contributed by atoms with E-state index in [1.54, 1.807) is 0 Å². The summed E-state index contributed by atoms with van der Waals surface area (Å²) in [7, 11) is 1.93. The molecule has 132 valence electrons. The van der Waals surface area contributed by atoms with Crippen LogP contribution in [-0.2, 0) is 29.5 Å². The molecular weight excluding hydrogens is 314 g/mol. The number of hydrogen-bond donors (Lipinski definition) is 1. The first-order valence-electron chi connectivity index (χ1n) is 8.82. The molecule has 1 aromatic carbocycles. The van der Waals surface area contributed by atoms with Crippen LogP contribution in [0.3, 0.4) is 0 Å². The summed E-state index contributed by atoms with van der Waals surface area (Å²) >= 11 is 0. The molecule has 1 aromatic heterocycles. The van der Waals surface area contributed by atoms with E-state index < -0.39 is 0 Å². The number of benzene rings is 1. The molecule has 0 aliphatic carbocycles. The molecule has 1 aliphatic rings. The summed E-state index contributed by atoms with van der Waals surface area (Å²) < 4.78 is 1.93. The molecule has 5 heteroatoms. The molecule has 1 fully saturated rings. The third-order valence-corrected chi connectivity index (χ3v) is 4.57. The van der Waals surface area contributed by atoms with Crippen LogP contribution in [0.25, 0.3) is 0 Å². The molecule has 0 bridgehead atoms. The number of aromatic nitrogens is 1. The summed E-state index contributed by atoms with van der Waals surface area (Å²) in [4.78, 5) is 26.2. The van der Waals surface area contributed by atoms with Crippen LogP contribution in [0.1, 0.15) is 24.0 Å². The number of carbonyl (C=O) groups excluding carboxylic acids is 2. The van der Waals surface area contributed by atoms with Crippen molar-refractivity contribution in [1.29, 1.82) is 0 Å². The van der Waals surface area contributed by atoms with Crippen LogP contribution in [0, 0.1) is 0 Å². The minimum absolute atomic E-state index is 0.0184. The van der Waals surface area contributed by atoms with Gasteiger partial charge in [-0.05, 0) is 30.0 Å². The maximum Gasteiger partial charge on any atom is 0.224 e. The van der Waals surface area contributed by atoms with Crippen molar-refractivity contribution in [3.8, 4) is 0 Å². The zero-order valence-corrected chi connectivity index (χ0v) is 14.6. The largest absolute Gasteiger partial charge is 0.357 e. The standard InChI is InChI=1S/C20H25N3O2/c1-22-11-9-17(14-22)12-19(24)21-18-13-20(25)23(15-18)10-5-8-16-6-3-2-4-7-16/h2-4,6-7,9,11,14,18H,5,8,10,12-13,15H2,1H3,(H,21,24)/t18-/m0/s1. The van der Waals surface area contributed by atoms with E-state index in [1.165, 1.54) is 5.56 Å². The molecule has 2 aromatic rings. The first kappa shape index (κ1) is 17.3. The molecule has 0 radical (unpaired) electrons. The molecule has 0 spiro atoms. The van der Waals surface area contributed by atoms with Gasteiger partial charge in [0.15, 0.2) is 0 Å². The number of nitrogens with zero attached hydrogens (tertiary/aromatic N) is 2. The molecule has 1 saturated heterocycles. The lowest BCUT2D eigenvalue weighted by molar-refractivity contribution is -0.127. The van der Waals surface area contributed by atoms with E-state index in [1.807, 2.05) is 53.2 Å². The smallest absolute Gasteiger partial charge is 0.224 e. The highest BCUT2D eigenvalue weighted by atomic mass is 16.2. The summed E-state index contributed by atoms with van der Waals surface area (Å²) in [6.45, 7) is 1.37. The molecule has 1 atom stereocenters. The van der Waals surface area contributed by atoms with Crippen molar-refractivity contribution in [3.63, 3.8) is 0 Å². The molecule has 25 heavy (non-hydrogen) atoms. The lowest BCUT2D eigenvalue weighted by Crippen LogP contribution is -2.38. The minimum atomic E-state index is -0.0690. The minimum Gasteiger partial charge on any atom is -0.357 e. The van der Waals surface area contributed by atoms with Crippen molar-refractivity contribution < 1.29 is 9.59 Å². The van der Waals surface area contributed by atoms with Crippen molar-refractivity contribution in [2.45, 2.75) is 31.7 Å². The SMILES string of the molecule is Cn1ccc(CC(=O)N[C@H]2CC(=O)N(CCCc3ccccc3)C2)c1. The topological polar surface area (TPSA) is 54.3 Å². The van der Waals surface area contributed by atoms with Gasteiger partial charge in [-0.15, -0.1) is 0 Å². The Morgan fingerprint density at radius 3 is 2.72 bits per heavy atom. The monoisotopic (exact) mass is 339 g/mol. The highest BCUT2D eigenvalue weighted by Crippen LogP contribution is 2.13. The van der Waals surface area contributed by atoms with Gasteiger partial charge in [0.1, 0.15) is 0 Å². The summed E-state index contributed by atoms with van der Waals surface area (Å²) in [5.74, 6) is 0.119. The summed E-state index contributed by atoms with van der Waals surface area (Å²) in [6.07, 6.45) is 6.55. The number of likely N-dealkylation sites (tertiary alicyclic amines) is 1. The van der Waals surface area contributed by atoms with Gasteiger partial charge in [0, 0.05) is 39.0 Å². The predicted octanol–water partition coefficient (Wildman–Crippen LogP) is 1.92. The molecule has 0 saturated carbocycles. The summed E-state index contributed by atoms with van der Waals surface area (Å²) in [5, 5.41) is 2.99. The van der Waals surface area contributed by atoms with Crippen molar-refractivity contribution in [2.24, 2.45) is 7.05 Å². The van der Waals surface area contributed by atoms with E-state index in [2.05, 4.69) is 17.4 Å². The number of nitrogens with one attached hydrogen (secondary N) is 1. The highest BCUT2D eigenvalue weighted by Gasteiger charge is 2.30. The lowest BCUT2D eigenvalue weighted by atomic mass is 10.1. The number of aryl methyl sites for hydroxylation is 2. The van der Waals surface area contributed by atoms with E-state index in [-0.39, 0.29) is 17.9 Å². The van der Waals surface area contributed by atoms with Crippen LogP contribution in [0.15, 0.2) is 48.8 Å². The Kier molecular flexibility index (Phi) is 5.53. The van der Waals surface area contributed by atoms with Gasteiger partial charge in [-0.3, -0.25) is 9.59 Å². The molecule has 5 nitrogen and oxygen atoms in total. The maximum atomic E-state index is 12.1. The molecular formula is C20H25N3O2. The second-order valence-corrected chi connectivity index (χ2v) is 6.76. The predicted molar refractivity (Wildman–Crippen MR) is 97.0 cm³/mol. The van der Waals surface area contributed by atoms with E-state index >= 15 is 0 Å². The second kappa shape index (κ2) is 8.01. The van der Waals surface area contributed by atoms with Crippen LogP contribution in [-0.4, -0.2) is 40.4 Å². The average Bonchev–Trinajstić information content (AvgIpc) is 3.14. The Labute approximate surface area is 148 Å². The number of rotatable bonds is 7. The van der Waals surface area contributed by atoms with Crippen molar-refractivity contribution in [3.05, 3.63) is 59.9 Å². The fourth-order valence-electron chi connectivity index (χ4n) is 3.33. The quantitative estimate of drug-likeness (QED) is 0.838. The van der Waals surface area contributed by atoms with Gasteiger partial charge in [0.05, 0.1) is 12.5 Å². The van der Waals surface area contributed by atoms with E-state index in [0.717, 1.165) is 24.9 Å². The van der Waals surface area contributed by atoms with Crippen molar-refractivity contribution in [1.82, 2.24) is 14.8 Å². The molecule has 2 heterocycles. The average molecular weight is 339 g/mol. The fraction of sp³-hybridized carbons (Fsp3) is 0.400. The third kappa shape index (κ3) is 4.95. The van der Waals surface area contributed by atoms with Gasteiger partial charge in [-0.25, -0.2) is 0 Å². The Hall–Kier alpha value is -2.56. The van der Waals surface area contributed by atoms with Crippen LogP contribution in [0.2, 0.25) is 0 Å². The summed E-state index contributed by atoms with van der Waals surface area (Å²) in [6, 6.07) is 12.2. The number of hydrogen-bond acceptors (Lipinski definition) is 2. The van der Waals surface area contributed by atoms with E-state index in [9.17, 15) is 9.59 Å². The number of amides is 2. The van der Waals surface area contributed by atoms with Gasteiger partial charge in [-0.1, -0.05) is 30.3 Å². The Bertz CT molecular complexity index is 724. The van der Waals surface area contributed by atoms with Crippen LogP contribution in [0.5, 0.6) is 0 Å². The van der Waals surface area contributed by atoms with Gasteiger partial charge in [0.25, 0.3) is 0 Å². The van der Waals surface area contributed by atoms with Crippen LogP contribution in [0.4, 0.5) is 0 Å². The third-order valence-electron chi connectivity index (χ3n) is 4.57.